The maximum absolute atomic E-state index is 5.83. The third-order valence-electron chi connectivity index (χ3n) is 4.41. The Morgan fingerprint density at radius 3 is 1.80 bits per heavy atom. The molecule has 2 rings (SSSR count). The highest BCUT2D eigenvalue weighted by atomic mass is 28.3. The third-order valence-corrected chi connectivity index (χ3v) is 7.33. The molecular weight excluding hydrogens is 352 g/mol. The summed E-state index contributed by atoms with van der Waals surface area (Å²) in [4.78, 5) is 0. The van der Waals surface area contributed by atoms with Gasteiger partial charge in [0, 0.05) is 26.1 Å². The molecule has 7 heteroatoms. The van der Waals surface area contributed by atoms with Crippen molar-refractivity contribution in [1.29, 1.82) is 0 Å². The molecule has 0 amide bonds. The monoisotopic (exact) mass is 390 g/mol. The summed E-state index contributed by atoms with van der Waals surface area (Å²) < 4.78 is 29.0. The topological polar surface area (TPSA) is 46.2 Å². The maximum Gasteiger partial charge on any atom is 0.412 e. The first-order valence-electron chi connectivity index (χ1n) is 9.71. The van der Waals surface area contributed by atoms with Crippen LogP contribution in [0.15, 0.2) is 0 Å². The van der Waals surface area contributed by atoms with Crippen molar-refractivity contribution < 1.29 is 23.7 Å². The van der Waals surface area contributed by atoms with Gasteiger partial charge in [0.1, 0.15) is 0 Å². The van der Waals surface area contributed by atoms with Crippen molar-refractivity contribution in [3.63, 3.8) is 0 Å². The van der Waals surface area contributed by atoms with E-state index in [2.05, 4.69) is 39.3 Å². The van der Waals surface area contributed by atoms with E-state index in [0.717, 1.165) is 12.7 Å². The van der Waals surface area contributed by atoms with Gasteiger partial charge in [-0.05, 0) is 6.42 Å². The van der Waals surface area contributed by atoms with E-state index < -0.39 is 22.3 Å². The normalized spacial score (nSPS) is 31.4. The van der Waals surface area contributed by atoms with Crippen LogP contribution in [0.3, 0.4) is 0 Å². The van der Waals surface area contributed by atoms with Gasteiger partial charge in [-0.1, -0.05) is 51.7 Å². The Bertz CT molecular complexity index is 348. The molecule has 0 radical (unpaired) electrons. The fourth-order valence-electron chi connectivity index (χ4n) is 2.94. The standard InChI is InChI=1S/C18H38O5Si2/c1-24(2,3)9-7-8-16-11-20-18(21-12-16)22-13-17(14-23-18)10-19-15-25(4,5)6/h16-17H,7-15H2,1-6H3. The first kappa shape index (κ1) is 21.5. The molecule has 5 nitrogen and oxygen atoms in total. The molecule has 148 valence electrons. The molecule has 2 saturated heterocycles. The lowest BCUT2D eigenvalue weighted by Gasteiger charge is -2.42. The number of ether oxygens (including phenoxy) is 5. The van der Waals surface area contributed by atoms with Crippen molar-refractivity contribution >= 4 is 16.1 Å². The second-order valence-corrected chi connectivity index (χ2v) is 21.0. The van der Waals surface area contributed by atoms with Crippen LogP contribution in [0, 0.1) is 11.8 Å². The Morgan fingerprint density at radius 1 is 0.800 bits per heavy atom. The van der Waals surface area contributed by atoms with Gasteiger partial charge in [-0.2, -0.15) is 0 Å². The van der Waals surface area contributed by atoms with Crippen LogP contribution >= 0.6 is 0 Å². The van der Waals surface area contributed by atoms with Crippen LogP contribution in [0.25, 0.3) is 0 Å². The Morgan fingerprint density at radius 2 is 1.32 bits per heavy atom. The molecule has 0 atom stereocenters. The molecule has 0 aromatic rings. The zero-order valence-electron chi connectivity index (χ0n) is 17.1. The lowest BCUT2D eigenvalue weighted by molar-refractivity contribution is -0.535. The van der Waals surface area contributed by atoms with Gasteiger partial charge in [0.15, 0.2) is 0 Å². The smallest absolute Gasteiger partial charge is 0.384 e. The third kappa shape index (κ3) is 8.20. The van der Waals surface area contributed by atoms with Crippen molar-refractivity contribution in [1.82, 2.24) is 0 Å². The SMILES string of the molecule is C[Si](C)(C)CCCC1COC2(OC1)OCC(COC[Si](C)(C)C)CO2. The van der Waals surface area contributed by atoms with Gasteiger partial charge in [0.25, 0.3) is 0 Å². The molecule has 2 fully saturated rings. The largest absolute Gasteiger partial charge is 0.412 e. The Kier molecular flexibility index (Phi) is 7.71. The number of rotatable bonds is 8. The van der Waals surface area contributed by atoms with Crippen LogP contribution in [0.1, 0.15) is 12.8 Å². The summed E-state index contributed by atoms with van der Waals surface area (Å²) in [5, 5.41) is 0. The van der Waals surface area contributed by atoms with E-state index in [9.17, 15) is 0 Å². The van der Waals surface area contributed by atoms with Gasteiger partial charge < -0.3 is 23.7 Å². The fraction of sp³-hybridized carbons (Fsp3) is 1.00. The minimum Gasteiger partial charge on any atom is -0.384 e. The summed E-state index contributed by atoms with van der Waals surface area (Å²) in [6.45, 7) is 17.3. The molecule has 2 aliphatic rings. The number of hydrogen-bond donors (Lipinski definition) is 0. The van der Waals surface area contributed by atoms with Gasteiger partial charge in [-0.25, -0.2) is 0 Å². The van der Waals surface area contributed by atoms with Crippen LogP contribution in [-0.2, 0) is 23.7 Å². The van der Waals surface area contributed by atoms with E-state index in [0.29, 0.717) is 39.0 Å². The molecule has 0 aliphatic carbocycles. The van der Waals surface area contributed by atoms with Crippen LogP contribution in [0.2, 0.25) is 45.3 Å². The summed E-state index contributed by atoms with van der Waals surface area (Å²) >= 11 is 0. The first-order valence-corrected chi connectivity index (χ1v) is 17.1. The Balaban J connectivity index is 1.62. The van der Waals surface area contributed by atoms with Crippen molar-refractivity contribution in [3.05, 3.63) is 0 Å². The lowest BCUT2D eigenvalue weighted by atomic mass is 10.1. The lowest BCUT2D eigenvalue weighted by Crippen LogP contribution is -2.53. The van der Waals surface area contributed by atoms with Gasteiger partial charge in [-0.15, -0.1) is 0 Å². The van der Waals surface area contributed by atoms with E-state index in [-0.39, 0.29) is 5.92 Å². The highest BCUT2D eigenvalue weighted by Gasteiger charge is 2.44. The van der Waals surface area contributed by atoms with E-state index >= 15 is 0 Å². The molecule has 0 unspecified atom stereocenters. The van der Waals surface area contributed by atoms with Crippen molar-refractivity contribution in [2.75, 3.05) is 39.3 Å². The second-order valence-electron chi connectivity index (χ2n) is 10.0. The molecule has 2 aliphatic heterocycles. The average molecular weight is 391 g/mol. The van der Waals surface area contributed by atoms with Gasteiger partial charge >= 0.3 is 6.16 Å². The van der Waals surface area contributed by atoms with Gasteiger partial charge in [0.2, 0.25) is 0 Å². The van der Waals surface area contributed by atoms with Crippen molar-refractivity contribution in [2.24, 2.45) is 11.8 Å². The highest BCUT2D eigenvalue weighted by molar-refractivity contribution is 6.76. The van der Waals surface area contributed by atoms with E-state index in [4.69, 9.17) is 23.7 Å². The molecule has 1 spiro atoms. The predicted molar refractivity (Wildman–Crippen MR) is 105 cm³/mol. The summed E-state index contributed by atoms with van der Waals surface area (Å²) in [7, 11) is -2.11. The average Bonchev–Trinajstić information content (AvgIpc) is 2.49. The van der Waals surface area contributed by atoms with Crippen LogP contribution in [-0.4, -0.2) is 61.6 Å². The zero-order valence-corrected chi connectivity index (χ0v) is 19.1. The maximum atomic E-state index is 5.83. The highest BCUT2D eigenvalue weighted by Crippen LogP contribution is 2.31. The number of hydrogen-bond acceptors (Lipinski definition) is 5. The summed E-state index contributed by atoms with van der Waals surface area (Å²) in [6, 6.07) is 1.36. The quantitative estimate of drug-likeness (QED) is 0.588. The Labute approximate surface area is 155 Å². The first-order chi connectivity index (χ1) is 11.6. The molecule has 0 aromatic heterocycles. The Hall–Kier alpha value is 0.234. The van der Waals surface area contributed by atoms with Crippen molar-refractivity contribution in [2.45, 2.75) is 64.3 Å². The molecule has 0 saturated carbocycles. The summed E-state index contributed by atoms with van der Waals surface area (Å²) in [5.41, 5.74) is 0. The van der Waals surface area contributed by atoms with Crippen LogP contribution in [0.5, 0.6) is 0 Å². The zero-order chi connectivity index (χ0) is 18.6. The van der Waals surface area contributed by atoms with Gasteiger partial charge in [0.05, 0.1) is 41.1 Å². The molecular formula is C18H38O5Si2. The second kappa shape index (κ2) is 8.95. The van der Waals surface area contributed by atoms with Gasteiger partial charge in [-0.3, -0.25) is 0 Å². The fourth-order valence-corrected chi connectivity index (χ4v) is 4.94. The van der Waals surface area contributed by atoms with E-state index in [1.807, 2.05) is 0 Å². The van der Waals surface area contributed by atoms with Crippen LogP contribution < -0.4 is 0 Å². The van der Waals surface area contributed by atoms with Crippen molar-refractivity contribution in [3.8, 4) is 0 Å². The van der Waals surface area contributed by atoms with E-state index in [1.165, 1.54) is 12.5 Å². The molecule has 0 bridgehead atoms. The molecule has 0 aromatic carbocycles. The summed E-state index contributed by atoms with van der Waals surface area (Å²) in [6.07, 6.45) is 2.04. The molecule has 25 heavy (non-hydrogen) atoms. The predicted octanol–water partition coefficient (Wildman–Crippen LogP) is 3.94. The summed E-state index contributed by atoms with van der Waals surface area (Å²) in [5.74, 6) is 0.704. The minimum atomic E-state index is -1.26. The molecule has 2 heterocycles. The molecule has 0 N–H and O–H groups in total. The minimum absolute atomic E-state index is 0.253. The van der Waals surface area contributed by atoms with E-state index in [1.54, 1.807) is 0 Å². The van der Waals surface area contributed by atoms with Crippen LogP contribution in [0.4, 0.5) is 0 Å².